The Balaban J connectivity index is 2.42. The van der Waals surface area contributed by atoms with Crippen molar-refractivity contribution in [2.75, 3.05) is 19.5 Å². The van der Waals surface area contributed by atoms with E-state index in [0.717, 1.165) is 5.69 Å². The predicted octanol–water partition coefficient (Wildman–Crippen LogP) is 2.35. The summed E-state index contributed by atoms with van der Waals surface area (Å²) in [5.74, 6) is -1.63. The largest absolute Gasteiger partial charge is 0.465 e. The van der Waals surface area contributed by atoms with E-state index in [2.05, 4.69) is 19.9 Å². The Morgan fingerprint density at radius 1 is 1.04 bits per heavy atom. The van der Waals surface area contributed by atoms with Crippen molar-refractivity contribution in [1.82, 2.24) is 9.78 Å². The average molecular weight is 359 g/mol. The molecule has 0 unspecified atom stereocenters. The van der Waals surface area contributed by atoms with Crippen molar-refractivity contribution in [2.45, 2.75) is 27.3 Å². The zero-order valence-electron chi connectivity index (χ0n) is 15.4. The molecule has 1 aromatic carbocycles. The quantitative estimate of drug-likeness (QED) is 0.823. The van der Waals surface area contributed by atoms with Gasteiger partial charge in [0, 0.05) is 17.9 Å². The first-order chi connectivity index (χ1) is 12.3. The van der Waals surface area contributed by atoms with Crippen LogP contribution in [0.3, 0.4) is 0 Å². The molecule has 0 atom stereocenters. The van der Waals surface area contributed by atoms with Crippen LogP contribution in [-0.4, -0.2) is 41.8 Å². The maximum absolute atomic E-state index is 12.7. The van der Waals surface area contributed by atoms with Gasteiger partial charge >= 0.3 is 11.9 Å². The molecule has 2 rings (SSSR count). The number of carbonyl (C=O) groups is 3. The van der Waals surface area contributed by atoms with Gasteiger partial charge in [-0.3, -0.25) is 9.48 Å². The Morgan fingerprint density at radius 2 is 1.58 bits per heavy atom. The average Bonchev–Trinajstić information content (AvgIpc) is 2.93. The fourth-order valence-corrected chi connectivity index (χ4v) is 2.70. The number of methoxy groups -OCH3 is 2. The number of benzene rings is 1. The molecule has 138 valence electrons. The molecule has 1 amide bonds. The molecule has 0 saturated carbocycles. The molecule has 1 N–H and O–H groups in total. The topological polar surface area (TPSA) is 99.5 Å². The van der Waals surface area contributed by atoms with Gasteiger partial charge in [0.2, 0.25) is 0 Å². The molecule has 1 heterocycles. The first kappa shape index (κ1) is 19.2. The van der Waals surface area contributed by atoms with Crippen LogP contribution in [-0.2, 0) is 16.0 Å². The van der Waals surface area contributed by atoms with E-state index in [-0.39, 0.29) is 22.7 Å². The third-order valence-electron chi connectivity index (χ3n) is 3.94. The van der Waals surface area contributed by atoms with Gasteiger partial charge < -0.3 is 14.8 Å². The van der Waals surface area contributed by atoms with Gasteiger partial charge in [-0.1, -0.05) is 0 Å². The summed E-state index contributed by atoms with van der Waals surface area (Å²) >= 11 is 0. The highest BCUT2D eigenvalue weighted by molar-refractivity contribution is 6.07. The molecule has 0 aliphatic heterocycles. The lowest BCUT2D eigenvalue weighted by molar-refractivity contribution is 0.0599. The molecule has 0 aliphatic carbocycles. The van der Waals surface area contributed by atoms with Gasteiger partial charge in [-0.05, 0) is 39.0 Å². The summed E-state index contributed by atoms with van der Waals surface area (Å²) in [5, 5.41) is 7.03. The molecule has 8 nitrogen and oxygen atoms in total. The number of rotatable bonds is 5. The summed E-state index contributed by atoms with van der Waals surface area (Å²) in [5.41, 5.74) is 2.32. The van der Waals surface area contributed by atoms with E-state index in [0.29, 0.717) is 17.8 Å². The van der Waals surface area contributed by atoms with Gasteiger partial charge in [-0.25, -0.2) is 9.59 Å². The Labute approximate surface area is 151 Å². The fraction of sp³-hybridized carbons (Fsp3) is 0.333. The number of ether oxygens (including phenoxy) is 2. The van der Waals surface area contributed by atoms with Crippen molar-refractivity contribution in [3.05, 3.63) is 46.3 Å². The molecule has 0 bridgehead atoms. The number of carbonyl (C=O) groups excluding carboxylic acids is 3. The minimum atomic E-state index is -0.627. The van der Waals surface area contributed by atoms with Crippen LogP contribution in [0.1, 0.15) is 49.4 Å². The molecular weight excluding hydrogens is 338 g/mol. The number of nitrogens with zero attached hydrogens (tertiary/aromatic N) is 2. The summed E-state index contributed by atoms with van der Waals surface area (Å²) in [6.07, 6.45) is 0. The lowest BCUT2D eigenvalue weighted by Gasteiger charge is -2.10. The van der Waals surface area contributed by atoms with Gasteiger partial charge in [0.25, 0.3) is 5.91 Å². The summed E-state index contributed by atoms with van der Waals surface area (Å²) in [7, 11) is 2.47. The van der Waals surface area contributed by atoms with E-state index in [4.69, 9.17) is 0 Å². The zero-order chi connectivity index (χ0) is 19.4. The van der Waals surface area contributed by atoms with Crippen LogP contribution < -0.4 is 5.32 Å². The smallest absolute Gasteiger partial charge is 0.337 e. The molecule has 0 spiro atoms. The Bertz CT molecular complexity index is 836. The molecule has 26 heavy (non-hydrogen) atoms. The van der Waals surface area contributed by atoms with Crippen molar-refractivity contribution in [1.29, 1.82) is 0 Å². The van der Waals surface area contributed by atoms with Crippen molar-refractivity contribution >= 4 is 23.5 Å². The summed E-state index contributed by atoms with van der Waals surface area (Å²) < 4.78 is 11.1. The number of aryl methyl sites for hydroxylation is 2. The Morgan fingerprint density at radius 3 is 2.00 bits per heavy atom. The minimum Gasteiger partial charge on any atom is -0.465 e. The van der Waals surface area contributed by atoms with E-state index in [1.165, 1.54) is 32.4 Å². The minimum absolute atomic E-state index is 0.128. The predicted molar refractivity (Wildman–Crippen MR) is 94.4 cm³/mol. The SMILES string of the molecule is CCn1nc(C)c(C(=O)Nc2cc(C(=O)OC)cc(C(=O)OC)c2)c1C. The number of anilines is 1. The van der Waals surface area contributed by atoms with Gasteiger partial charge in [0.1, 0.15) is 0 Å². The molecule has 0 aliphatic rings. The van der Waals surface area contributed by atoms with Crippen LogP contribution in [0.15, 0.2) is 18.2 Å². The maximum Gasteiger partial charge on any atom is 0.337 e. The molecule has 2 aromatic rings. The monoisotopic (exact) mass is 359 g/mol. The lowest BCUT2D eigenvalue weighted by Crippen LogP contribution is -2.16. The van der Waals surface area contributed by atoms with Gasteiger partial charge in [-0.2, -0.15) is 5.10 Å². The highest BCUT2D eigenvalue weighted by atomic mass is 16.5. The number of aromatic nitrogens is 2. The van der Waals surface area contributed by atoms with E-state index >= 15 is 0 Å². The van der Waals surface area contributed by atoms with Crippen LogP contribution >= 0.6 is 0 Å². The van der Waals surface area contributed by atoms with E-state index in [1.54, 1.807) is 11.6 Å². The third kappa shape index (κ3) is 3.74. The number of amides is 1. The van der Waals surface area contributed by atoms with Gasteiger partial charge in [-0.15, -0.1) is 0 Å². The maximum atomic E-state index is 12.7. The molecule has 8 heteroatoms. The van der Waals surface area contributed by atoms with Crippen LogP contribution in [0.25, 0.3) is 0 Å². The fourth-order valence-electron chi connectivity index (χ4n) is 2.70. The second kappa shape index (κ2) is 7.81. The highest BCUT2D eigenvalue weighted by Crippen LogP contribution is 2.20. The third-order valence-corrected chi connectivity index (χ3v) is 3.94. The van der Waals surface area contributed by atoms with Crippen molar-refractivity contribution in [3.63, 3.8) is 0 Å². The van der Waals surface area contributed by atoms with Crippen molar-refractivity contribution in [2.24, 2.45) is 0 Å². The molecule has 0 radical (unpaired) electrons. The van der Waals surface area contributed by atoms with E-state index in [1.807, 2.05) is 13.8 Å². The van der Waals surface area contributed by atoms with Crippen LogP contribution in [0, 0.1) is 13.8 Å². The second-order valence-electron chi connectivity index (χ2n) is 5.60. The molecule has 1 aromatic heterocycles. The standard InChI is InChI=1S/C18H21N3O5/c1-6-21-11(3)15(10(2)20-21)16(22)19-14-8-12(17(23)25-4)7-13(9-14)18(24)26-5/h7-9H,6H2,1-5H3,(H,19,22). The zero-order valence-corrected chi connectivity index (χ0v) is 15.4. The highest BCUT2D eigenvalue weighted by Gasteiger charge is 2.20. The summed E-state index contributed by atoms with van der Waals surface area (Å²) in [4.78, 5) is 36.4. The number of esters is 2. The summed E-state index contributed by atoms with van der Waals surface area (Å²) in [6, 6.07) is 4.22. The summed E-state index contributed by atoms with van der Waals surface area (Å²) in [6.45, 7) is 6.13. The molecule has 0 saturated heterocycles. The van der Waals surface area contributed by atoms with Crippen LogP contribution in [0.5, 0.6) is 0 Å². The molecular formula is C18H21N3O5. The van der Waals surface area contributed by atoms with E-state index < -0.39 is 11.9 Å². The van der Waals surface area contributed by atoms with Gasteiger partial charge in [0.15, 0.2) is 0 Å². The second-order valence-corrected chi connectivity index (χ2v) is 5.60. The first-order valence-electron chi connectivity index (χ1n) is 7.99. The number of hydrogen-bond donors (Lipinski definition) is 1. The normalized spacial score (nSPS) is 10.3. The van der Waals surface area contributed by atoms with E-state index in [9.17, 15) is 14.4 Å². The Kier molecular flexibility index (Phi) is 5.76. The number of nitrogens with one attached hydrogen (secondary N) is 1. The lowest BCUT2D eigenvalue weighted by atomic mass is 10.1. The first-order valence-corrected chi connectivity index (χ1v) is 7.99. The van der Waals surface area contributed by atoms with Crippen LogP contribution in [0.2, 0.25) is 0 Å². The number of hydrogen-bond acceptors (Lipinski definition) is 6. The van der Waals surface area contributed by atoms with Gasteiger partial charge in [0.05, 0.1) is 36.6 Å². The molecule has 0 fully saturated rings. The van der Waals surface area contributed by atoms with Crippen molar-refractivity contribution in [3.8, 4) is 0 Å². The van der Waals surface area contributed by atoms with Crippen molar-refractivity contribution < 1.29 is 23.9 Å². The van der Waals surface area contributed by atoms with Crippen LogP contribution in [0.4, 0.5) is 5.69 Å². The Hall–Kier alpha value is -3.16.